The number of aromatic amines is 1. The lowest BCUT2D eigenvalue weighted by Gasteiger charge is -2.11. The molecule has 0 aliphatic heterocycles. The lowest BCUT2D eigenvalue weighted by molar-refractivity contribution is 0.587. The van der Waals surface area contributed by atoms with Crippen LogP contribution >= 0.6 is 11.6 Å². The summed E-state index contributed by atoms with van der Waals surface area (Å²) in [6.07, 6.45) is 0. The quantitative estimate of drug-likeness (QED) is 0.321. The highest BCUT2D eigenvalue weighted by molar-refractivity contribution is 7.92. The summed E-state index contributed by atoms with van der Waals surface area (Å²) in [5.41, 5.74) is 8.35. The molecule has 0 fully saturated rings. The molecule has 166 valence electrons. The van der Waals surface area contributed by atoms with Gasteiger partial charge in [0.15, 0.2) is 5.82 Å². The van der Waals surface area contributed by atoms with E-state index in [-0.39, 0.29) is 26.3 Å². The summed E-state index contributed by atoms with van der Waals surface area (Å²) in [4.78, 5) is 4.31. The molecule has 0 spiro atoms. The van der Waals surface area contributed by atoms with Gasteiger partial charge in [0.25, 0.3) is 10.0 Å². The van der Waals surface area contributed by atoms with Gasteiger partial charge in [-0.3, -0.25) is 9.82 Å². The summed E-state index contributed by atoms with van der Waals surface area (Å²) >= 11 is 6.39. The van der Waals surface area contributed by atoms with Gasteiger partial charge in [0.05, 0.1) is 31.7 Å². The molecule has 0 saturated carbocycles. The van der Waals surface area contributed by atoms with Crippen molar-refractivity contribution in [3.8, 4) is 11.3 Å². The van der Waals surface area contributed by atoms with Crippen LogP contribution in [0, 0.1) is 0 Å². The number of nitrogens with two attached hydrogens (primary N) is 1. The Bertz CT molecular complexity index is 1530. The fourth-order valence-corrected chi connectivity index (χ4v) is 5.04. The van der Waals surface area contributed by atoms with Gasteiger partial charge in [-0.25, -0.2) is 26.5 Å². The molecule has 2 heterocycles. The smallest absolute Gasteiger partial charge is 0.261 e. The third-order valence-corrected chi connectivity index (χ3v) is 7.79. The summed E-state index contributed by atoms with van der Waals surface area (Å²) in [5, 5.41) is 6.94. The zero-order valence-corrected chi connectivity index (χ0v) is 18.9. The van der Waals surface area contributed by atoms with Crippen LogP contribution in [0.5, 0.6) is 0 Å². The number of pyridine rings is 1. The fraction of sp³-hybridized carbons (Fsp3) is 0.0526. The second-order valence-corrected chi connectivity index (χ2v) is 10.7. The first-order valence-corrected chi connectivity index (χ1v) is 12.4. The highest BCUT2D eigenvalue weighted by Crippen LogP contribution is 2.31. The van der Waals surface area contributed by atoms with Gasteiger partial charge in [-0.05, 0) is 61.6 Å². The van der Waals surface area contributed by atoms with Gasteiger partial charge in [0.1, 0.15) is 5.52 Å². The van der Waals surface area contributed by atoms with Crippen LogP contribution in [0.1, 0.15) is 0 Å². The second kappa shape index (κ2) is 8.06. The first-order chi connectivity index (χ1) is 15.1. The van der Waals surface area contributed by atoms with Crippen LogP contribution in [0.3, 0.4) is 0 Å². The Labute approximate surface area is 188 Å². The molecular weight excluding hydrogens is 476 g/mol. The summed E-state index contributed by atoms with van der Waals surface area (Å²) in [5.74, 6) is 0.260. The van der Waals surface area contributed by atoms with Crippen molar-refractivity contribution in [1.82, 2.24) is 19.9 Å². The van der Waals surface area contributed by atoms with Gasteiger partial charge < -0.3 is 5.73 Å². The van der Waals surface area contributed by atoms with Crippen LogP contribution in [-0.4, -0.2) is 39.1 Å². The first-order valence-electron chi connectivity index (χ1n) is 9.08. The van der Waals surface area contributed by atoms with Crippen molar-refractivity contribution in [2.24, 2.45) is 0 Å². The van der Waals surface area contributed by atoms with E-state index >= 15 is 0 Å². The number of fused-ring (bicyclic) bond motifs is 1. The van der Waals surface area contributed by atoms with Crippen LogP contribution in [0.15, 0.2) is 64.4 Å². The molecule has 5 N–H and O–H groups in total. The summed E-state index contributed by atoms with van der Waals surface area (Å²) < 4.78 is 53.6. The SMILES string of the molecule is CNS(=O)(=O)c1ccc(S(=O)(=O)Nc2ccc(-c3ccc4[nH]nc(N)c4n3)c(Cl)c2)cc1. The zero-order chi connectivity index (χ0) is 23.1. The number of benzene rings is 2. The molecule has 0 aliphatic rings. The number of halogens is 1. The molecule has 0 amide bonds. The average molecular weight is 493 g/mol. The van der Waals surface area contributed by atoms with Gasteiger partial charge in [-0.15, -0.1) is 0 Å². The van der Waals surface area contributed by atoms with Crippen LogP contribution in [-0.2, 0) is 20.0 Å². The molecule has 2 aromatic heterocycles. The molecule has 4 aromatic rings. The zero-order valence-electron chi connectivity index (χ0n) is 16.5. The summed E-state index contributed by atoms with van der Waals surface area (Å²) in [6.45, 7) is 0. The van der Waals surface area contributed by atoms with Gasteiger partial charge in [-0.1, -0.05) is 11.6 Å². The predicted octanol–water partition coefficient (Wildman–Crippen LogP) is 2.57. The number of nitrogens with zero attached hydrogens (tertiary/aromatic N) is 2. The van der Waals surface area contributed by atoms with Crippen molar-refractivity contribution >= 4 is 54.2 Å². The number of anilines is 2. The predicted molar refractivity (Wildman–Crippen MR) is 122 cm³/mol. The molecule has 0 atom stereocenters. The number of nitrogen functional groups attached to an aromatic ring is 1. The van der Waals surface area contributed by atoms with Crippen LogP contribution < -0.4 is 15.2 Å². The number of aromatic nitrogens is 3. The van der Waals surface area contributed by atoms with Crippen molar-refractivity contribution in [2.45, 2.75) is 9.79 Å². The standard InChI is InChI=1S/C19H17ClN6O4S2/c1-22-31(27,28)12-3-5-13(6-4-12)32(29,30)26-11-2-7-14(15(20)10-11)16-8-9-17-18(23-16)19(21)25-24-17/h2-10,22,26H,1H3,(H3,21,24,25). The van der Waals surface area contributed by atoms with Gasteiger partial charge >= 0.3 is 0 Å². The maximum absolute atomic E-state index is 12.7. The van der Waals surface area contributed by atoms with E-state index in [0.717, 1.165) is 0 Å². The third kappa shape index (κ3) is 4.12. The minimum atomic E-state index is -3.97. The molecule has 0 unspecified atom stereocenters. The number of hydrogen-bond acceptors (Lipinski definition) is 7. The van der Waals surface area contributed by atoms with E-state index in [4.69, 9.17) is 17.3 Å². The fourth-order valence-electron chi connectivity index (χ4n) is 2.98. The molecule has 13 heteroatoms. The molecule has 4 rings (SSSR count). The van der Waals surface area contributed by atoms with E-state index in [9.17, 15) is 16.8 Å². The number of nitrogens with one attached hydrogen (secondary N) is 3. The largest absolute Gasteiger partial charge is 0.380 e. The Morgan fingerprint density at radius 2 is 1.59 bits per heavy atom. The molecule has 0 aliphatic carbocycles. The average Bonchev–Trinajstić information content (AvgIpc) is 3.14. The number of H-pyrrole nitrogens is 1. The number of rotatable bonds is 6. The molecule has 0 bridgehead atoms. The topological polar surface area (TPSA) is 160 Å². The molecule has 2 aromatic carbocycles. The van der Waals surface area contributed by atoms with Crippen LogP contribution in [0.2, 0.25) is 5.02 Å². The van der Waals surface area contributed by atoms with E-state index in [2.05, 4.69) is 24.6 Å². The normalized spacial score (nSPS) is 12.2. The second-order valence-electron chi connectivity index (χ2n) is 6.68. The highest BCUT2D eigenvalue weighted by Gasteiger charge is 2.18. The van der Waals surface area contributed by atoms with Crippen molar-refractivity contribution in [3.63, 3.8) is 0 Å². The molecular formula is C19H17ClN6O4S2. The maximum Gasteiger partial charge on any atom is 0.261 e. The number of hydrogen-bond donors (Lipinski definition) is 4. The van der Waals surface area contributed by atoms with E-state index in [0.29, 0.717) is 22.3 Å². The Kier molecular flexibility index (Phi) is 5.54. The van der Waals surface area contributed by atoms with Gasteiger partial charge in [0.2, 0.25) is 10.0 Å². The Hall–Kier alpha value is -3.19. The summed E-state index contributed by atoms with van der Waals surface area (Å²) in [7, 11) is -6.37. The molecule has 10 nitrogen and oxygen atoms in total. The van der Waals surface area contributed by atoms with Crippen molar-refractivity contribution in [1.29, 1.82) is 0 Å². The Balaban J connectivity index is 1.60. The molecule has 0 saturated heterocycles. The Morgan fingerprint density at radius 1 is 0.938 bits per heavy atom. The van der Waals surface area contributed by atoms with Crippen molar-refractivity contribution in [2.75, 3.05) is 17.5 Å². The third-order valence-electron chi connectivity index (χ3n) is 4.64. The van der Waals surface area contributed by atoms with Gasteiger partial charge in [-0.2, -0.15) is 5.10 Å². The maximum atomic E-state index is 12.7. The summed E-state index contributed by atoms with van der Waals surface area (Å²) in [6, 6.07) is 13.0. The highest BCUT2D eigenvalue weighted by atomic mass is 35.5. The van der Waals surface area contributed by atoms with E-state index < -0.39 is 20.0 Å². The lowest BCUT2D eigenvalue weighted by Crippen LogP contribution is -2.19. The molecule has 32 heavy (non-hydrogen) atoms. The Morgan fingerprint density at radius 3 is 2.22 bits per heavy atom. The van der Waals surface area contributed by atoms with Crippen LogP contribution in [0.4, 0.5) is 11.5 Å². The van der Waals surface area contributed by atoms with E-state index in [1.807, 2.05) is 0 Å². The monoisotopic (exact) mass is 492 g/mol. The van der Waals surface area contributed by atoms with Crippen molar-refractivity contribution in [3.05, 3.63) is 59.6 Å². The van der Waals surface area contributed by atoms with E-state index in [1.54, 1.807) is 24.3 Å². The number of sulfonamides is 2. The molecule has 0 radical (unpaired) electrons. The first kappa shape index (κ1) is 22.0. The minimum Gasteiger partial charge on any atom is -0.380 e. The minimum absolute atomic E-state index is 0.0472. The van der Waals surface area contributed by atoms with Gasteiger partial charge in [0, 0.05) is 5.56 Å². The van der Waals surface area contributed by atoms with E-state index in [1.165, 1.54) is 37.4 Å². The lowest BCUT2D eigenvalue weighted by atomic mass is 10.1. The van der Waals surface area contributed by atoms with Crippen LogP contribution in [0.25, 0.3) is 22.3 Å². The van der Waals surface area contributed by atoms with Crippen molar-refractivity contribution < 1.29 is 16.8 Å².